The molecule has 3 heterocycles. The van der Waals surface area contributed by atoms with Gasteiger partial charge in [0.2, 0.25) is 0 Å². The fraction of sp³-hybridized carbons (Fsp3) is 0.538. The van der Waals surface area contributed by atoms with Crippen LogP contribution in [0.4, 0.5) is 10.1 Å². The third-order valence-corrected chi connectivity index (χ3v) is 6.61. The number of fused-ring (bicyclic) bond motifs is 1. The van der Waals surface area contributed by atoms with Gasteiger partial charge in [0.25, 0.3) is 5.91 Å². The van der Waals surface area contributed by atoms with Gasteiger partial charge in [-0.3, -0.25) is 4.79 Å². The molecule has 33 heavy (non-hydrogen) atoms. The van der Waals surface area contributed by atoms with Crippen molar-refractivity contribution in [2.75, 3.05) is 18.4 Å². The molecule has 6 nitrogen and oxygen atoms in total. The molecule has 1 aromatic heterocycles. The third-order valence-electron chi connectivity index (χ3n) is 6.61. The second kappa shape index (κ2) is 9.67. The molecule has 7 heteroatoms. The molecule has 0 bridgehead atoms. The lowest BCUT2D eigenvalue weighted by atomic mass is 9.81. The molecule has 2 aromatic rings. The van der Waals surface area contributed by atoms with Gasteiger partial charge in [0.05, 0.1) is 24.1 Å². The minimum Gasteiger partial charge on any atom is -0.487 e. The van der Waals surface area contributed by atoms with Crippen LogP contribution >= 0.6 is 0 Å². The van der Waals surface area contributed by atoms with E-state index in [1.54, 1.807) is 18.3 Å². The number of rotatable bonds is 6. The maximum atomic E-state index is 13.9. The summed E-state index contributed by atoms with van der Waals surface area (Å²) in [5.41, 5.74) is 1.72. The molecule has 2 aliphatic heterocycles. The Balaban J connectivity index is 0.00000216. The van der Waals surface area contributed by atoms with Crippen LogP contribution in [0.1, 0.15) is 78.4 Å². The number of nitrogens with zero attached hydrogens (tertiary/aromatic N) is 2. The van der Waals surface area contributed by atoms with Crippen molar-refractivity contribution in [2.24, 2.45) is 0 Å². The summed E-state index contributed by atoms with van der Waals surface area (Å²) in [6, 6.07) is 8.68. The molecule has 1 fully saturated rings. The highest BCUT2D eigenvalue weighted by Crippen LogP contribution is 2.46. The molecule has 2 aliphatic rings. The van der Waals surface area contributed by atoms with Crippen LogP contribution in [0.3, 0.4) is 0 Å². The maximum absolute atomic E-state index is 13.9. The largest absolute Gasteiger partial charge is 0.487 e. The maximum Gasteiger partial charge on any atom is 0.272 e. The Labute approximate surface area is 198 Å². The first-order valence-electron chi connectivity index (χ1n) is 11.9. The number of halogens is 1. The molecule has 2 atom stereocenters. The molecule has 1 aromatic carbocycles. The van der Waals surface area contributed by atoms with Crippen LogP contribution in [0.25, 0.3) is 0 Å². The number of carbonyl (C=O) groups excluding carboxylic acids is 1. The first kappa shape index (κ1) is 23.5. The number of hydrogen-bond acceptors (Lipinski definition) is 5. The zero-order chi connectivity index (χ0) is 23.6. The highest BCUT2D eigenvalue weighted by atomic mass is 19.1. The number of aromatic nitrogens is 1. The monoisotopic (exact) mass is 459 g/mol. The standard InChI is InChI=1S/C26H34FN3O3.2H2/c1-5-18(4)29-20-7-8-22(28-16-20)25(31)30-12-10-26(11-13-30)15-24(32-17(2)3)21-14-19(27)6-9-23(21)33-26;;/h6-9,14,16-18,24,29H,5,10-13,15H2,1-4H3;2*1H/t18-,24+;;/m0../s1. The summed E-state index contributed by atoms with van der Waals surface area (Å²) >= 11 is 0. The number of piperidine rings is 1. The molecule has 1 saturated heterocycles. The van der Waals surface area contributed by atoms with E-state index in [1.807, 2.05) is 24.8 Å². The van der Waals surface area contributed by atoms with Gasteiger partial charge in [0.15, 0.2) is 0 Å². The lowest BCUT2D eigenvalue weighted by molar-refractivity contribution is -0.0874. The minimum absolute atomic E-state index is 0. The van der Waals surface area contributed by atoms with Crippen LogP contribution in [0, 0.1) is 5.82 Å². The summed E-state index contributed by atoms with van der Waals surface area (Å²) in [4.78, 5) is 19.3. The van der Waals surface area contributed by atoms with Gasteiger partial charge < -0.3 is 19.7 Å². The summed E-state index contributed by atoms with van der Waals surface area (Å²) in [5.74, 6) is 0.330. The molecule has 4 rings (SSSR count). The van der Waals surface area contributed by atoms with E-state index in [-0.39, 0.29) is 26.8 Å². The number of pyridine rings is 1. The van der Waals surface area contributed by atoms with Crippen LogP contribution in [0.5, 0.6) is 5.75 Å². The van der Waals surface area contributed by atoms with Gasteiger partial charge in [-0.15, -0.1) is 0 Å². The van der Waals surface area contributed by atoms with Crippen LogP contribution in [0.2, 0.25) is 0 Å². The molecular formula is C26H38FN3O3. The molecule has 0 unspecified atom stereocenters. The number of amides is 1. The van der Waals surface area contributed by atoms with Crippen molar-refractivity contribution in [3.8, 4) is 5.75 Å². The minimum atomic E-state index is -0.418. The number of carbonyl (C=O) groups is 1. The van der Waals surface area contributed by atoms with E-state index in [4.69, 9.17) is 9.47 Å². The number of nitrogens with one attached hydrogen (secondary N) is 1. The van der Waals surface area contributed by atoms with Crippen molar-refractivity contribution >= 4 is 11.6 Å². The van der Waals surface area contributed by atoms with E-state index in [2.05, 4.69) is 24.1 Å². The van der Waals surface area contributed by atoms with Crippen LogP contribution in [-0.4, -0.2) is 46.6 Å². The lowest BCUT2D eigenvalue weighted by Crippen LogP contribution is -2.52. The number of likely N-dealkylation sites (tertiary alicyclic amines) is 1. The number of benzene rings is 1. The van der Waals surface area contributed by atoms with E-state index >= 15 is 0 Å². The fourth-order valence-electron chi connectivity index (χ4n) is 4.61. The summed E-state index contributed by atoms with van der Waals surface area (Å²) < 4.78 is 26.4. The quantitative estimate of drug-likeness (QED) is 0.587. The number of hydrogen-bond donors (Lipinski definition) is 1. The summed E-state index contributed by atoms with van der Waals surface area (Å²) in [7, 11) is 0. The van der Waals surface area contributed by atoms with E-state index in [9.17, 15) is 9.18 Å². The van der Waals surface area contributed by atoms with Gasteiger partial charge in [0.1, 0.15) is 22.9 Å². The molecule has 1 spiro atoms. The first-order valence-corrected chi connectivity index (χ1v) is 11.9. The van der Waals surface area contributed by atoms with Crippen molar-refractivity contribution in [1.29, 1.82) is 0 Å². The van der Waals surface area contributed by atoms with Gasteiger partial charge >= 0.3 is 0 Å². The molecule has 182 valence electrons. The van der Waals surface area contributed by atoms with Gasteiger partial charge in [-0.2, -0.15) is 0 Å². The van der Waals surface area contributed by atoms with Crippen LogP contribution < -0.4 is 10.1 Å². The SMILES string of the molecule is CC[C@H](C)Nc1ccc(C(=O)N2CCC3(CC2)C[C@@H](OC(C)C)c2cc(F)ccc2O3)nc1.[HH].[HH]. The zero-order valence-corrected chi connectivity index (χ0v) is 19.9. The van der Waals surface area contributed by atoms with Crippen molar-refractivity contribution in [3.05, 3.63) is 53.6 Å². The van der Waals surface area contributed by atoms with Gasteiger partial charge in [-0.05, 0) is 57.5 Å². The predicted octanol–water partition coefficient (Wildman–Crippen LogP) is 5.85. The Morgan fingerprint density at radius 2 is 2.06 bits per heavy atom. The second-order valence-electron chi connectivity index (χ2n) is 9.52. The van der Waals surface area contributed by atoms with Gasteiger partial charge in [-0.25, -0.2) is 9.37 Å². The van der Waals surface area contributed by atoms with Gasteiger partial charge in [-0.1, -0.05) is 6.92 Å². The Kier molecular flexibility index (Phi) is 6.88. The van der Waals surface area contributed by atoms with E-state index in [1.165, 1.54) is 12.1 Å². The van der Waals surface area contributed by atoms with E-state index < -0.39 is 5.60 Å². The Morgan fingerprint density at radius 1 is 1.30 bits per heavy atom. The average Bonchev–Trinajstić information content (AvgIpc) is 2.80. The number of ether oxygens (including phenoxy) is 2. The summed E-state index contributed by atoms with van der Waals surface area (Å²) in [5, 5.41) is 3.37. The van der Waals surface area contributed by atoms with Crippen LogP contribution in [0.15, 0.2) is 36.5 Å². The van der Waals surface area contributed by atoms with E-state index in [0.29, 0.717) is 49.8 Å². The van der Waals surface area contributed by atoms with Crippen molar-refractivity contribution < 1.29 is 21.5 Å². The van der Waals surface area contributed by atoms with E-state index in [0.717, 1.165) is 17.7 Å². The Morgan fingerprint density at radius 3 is 2.70 bits per heavy atom. The lowest BCUT2D eigenvalue weighted by Gasteiger charge is -2.47. The topological polar surface area (TPSA) is 63.7 Å². The van der Waals surface area contributed by atoms with Crippen LogP contribution in [-0.2, 0) is 4.74 Å². The molecule has 0 radical (unpaired) electrons. The molecule has 1 amide bonds. The first-order chi connectivity index (χ1) is 15.8. The van der Waals surface area contributed by atoms with Crippen molar-refractivity contribution in [1.82, 2.24) is 9.88 Å². The fourth-order valence-corrected chi connectivity index (χ4v) is 4.61. The van der Waals surface area contributed by atoms with Crippen molar-refractivity contribution in [3.63, 3.8) is 0 Å². The predicted molar refractivity (Wildman–Crippen MR) is 130 cm³/mol. The third kappa shape index (κ3) is 5.29. The van der Waals surface area contributed by atoms with Crippen molar-refractivity contribution in [2.45, 2.75) is 77.2 Å². The molecule has 1 N–H and O–H groups in total. The average molecular weight is 460 g/mol. The zero-order valence-electron chi connectivity index (χ0n) is 19.9. The highest BCUT2D eigenvalue weighted by molar-refractivity contribution is 5.92. The molecular weight excluding hydrogens is 421 g/mol. The summed E-state index contributed by atoms with van der Waals surface area (Å²) in [6.45, 7) is 9.37. The Bertz CT molecular complexity index is 982. The summed E-state index contributed by atoms with van der Waals surface area (Å²) in [6.07, 6.45) is 4.57. The molecule has 0 saturated carbocycles. The second-order valence-corrected chi connectivity index (χ2v) is 9.52. The number of anilines is 1. The normalized spacial score (nSPS) is 20.3. The molecule has 0 aliphatic carbocycles. The highest BCUT2D eigenvalue weighted by Gasteiger charge is 2.45. The Hall–Kier alpha value is -2.67. The smallest absolute Gasteiger partial charge is 0.272 e. The van der Waals surface area contributed by atoms with Gasteiger partial charge in [0, 0.05) is 46.8 Å².